The van der Waals surface area contributed by atoms with Crippen molar-refractivity contribution >= 4 is 17.5 Å². The number of hydrogen-bond acceptors (Lipinski definition) is 4. The number of rotatable bonds is 5. The molecule has 1 saturated heterocycles. The predicted octanol–water partition coefficient (Wildman–Crippen LogP) is 1.25. The molecule has 2 rings (SSSR count). The van der Waals surface area contributed by atoms with Gasteiger partial charge in [0.2, 0.25) is 5.91 Å². The van der Waals surface area contributed by atoms with Crippen molar-refractivity contribution in [3.63, 3.8) is 0 Å². The van der Waals surface area contributed by atoms with Crippen LogP contribution >= 0.6 is 0 Å². The Hall–Kier alpha value is -2.11. The quantitative estimate of drug-likeness (QED) is 0.856. The van der Waals surface area contributed by atoms with Crippen LogP contribution in [0.2, 0.25) is 0 Å². The van der Waals surface area contributed by atoms with E-state index in [1.165, 1.54) is 0 Å². The molecule has 1 aliphatic heterocycles. The normalized spacial score (nSPS) is 18.0. The van der Waals surface area contributed by atoms with Crippen LogP contribution in [0.3, 0.4) is 0 Å². The zero-order valence-electron chi connectivity index (χ0n) is 12.6. The number of anilines is 1. The van der Waals surface area contributed by atoms with Crippen LogP contribution in [0.1, 0.15) is 37.2 Å². The molecule has 0 saturated carbocycles. The minimum absolute atomic E-state index is 0.0550. The summed E-state index contributed by atoms with van der Waals surface area (Å²) < 4.78 is 0. The van der Waals surface area contributed by atoms with Crippen LogP contribution in [-0.4, -0.2) is 47.4 Å². The van der Waals surface area contributed by atoms with Crippen LogP contribution < -0.4 is 10.6 Å². The van der Waals surface area contributed by atoms with Crippen molar-refractivity contribution in [1.82, 2.24) is 15.2 Å². The summed E-state index contributed by atoms with van der Waals surface area (Å²) in [6.07, 6.45) is 2.97. The van der Waals surface area contributed by atoms with E-state index in [1.807, 2.05) is 19.9 Å². The first-order chi connectivity index (χ1) is 10.1. The van der Waals surface area contributed by atoms with Gasteiger partial charge in [0.15, 0.2) is 0 Å². The van der Waals surface area contributed by atoms with Crippen molar-refractivity contribution in [3.8, 4) is 0 Å². The Labute approximate surface area is 124 Å². The van der Waals surface area contributed by atoms with Crippen LogP contribution in [0.5, 0.6) is 0 Å². The lowest BCUT2D eigenvalue weighted by Gasteiger charge is -2.24. The lowest BCUT2D eigenvalue weighted by Crippen LogP contribution is -2.41. The maximum atomic E-state index is 12.3. The van der Waals surface area contributed by atoms with Crippen LogP contribution in [-0.2, 0) is 4.79 Å². The lowest BCUT2D eigenvalue weighted by molar-refractivity contribution is -0.122. The van der Waals surface area contributed by atoms with Gasteiger partial charge in [0.05, 0.1) is 0 Å². The molecule has 6 heteroatoms. The fourth-order valence-electron chi connectivity index (χ4n) is 2.40. The Balaban J connectivity index is 2.03. The number of pyridine rings is 1. The number of amides is 2. The van der Waals surface area contributed by atoms with Gasteiger partial charge in [0, 0.05) is 44.0 Å². The third kappa shape index (κ3) is 3.93. The van der Waals surface area contributed by atoms with Crippen LogP contribution in [0.15, 0.2) is 18.3 Å². The summed E-state index contributed by atoms with van der Waals surface area (Å²) in [6.45, 7) is 5.86. The molecule has 0 bridgehead atoms. The van der Waals surface area contributed by atoms with E-state index < -0.39 is 0 Å². The van der Waals surface area contributed by atoms with E-state index in [2.05, 4.69) is 15.6 Å². The summed E-state index contributed by atoms with van der Waals surface area (Å²) in [7, 11) is 0. The summed E-state index contributed by atoms with van der Waals surface area (Å²) in [4.78, 5) is 29.3. The molecule has 0 aliphatic carbocycles. The Morgan fingerprint density at radius 3 is 2.86 bits per heavy atom. The number of aromatic nitrogens is 1. The zero-order valence-corrected chi connectivity index (χ0v) is 12.6. The number of hydrogen-bond donors (Lipinski definition) is 2. The second-order valence-electron chi connectivity index (χ2n) is 5.09. The minimum atomic E-state index is -0.0550. The number of carbonyl (C=O) groups is 2. The fraction of sp³-hybridized carbons (Fsp3) is 0.533. The monoisotopic (exact) mass is 290 g/mol. The van der Waals surface area contributed by atoms with E-state index >= 15 is 0 Å². The van der Waals surface area contributed by atoms with Gasteiger partial charge in [-0.25, -0.2) is 0 Å². The highest BCUT2D eigenvalue weighted by Crippen LogP contribution is 2.14. The van der Waals surface area contributed by atoms with Crippen molar-refractivity contribution in [1.29, 1.82) is 0 Å². The summed E-state index contributed by atoms with van der Waals surface area (Å²) in [5, 5.41) is 6.18. The van der Waals surface area contributed by atoms with Crippen LogP contribution in [0.4, 0.5) is 5.69 Å². The molecular formula is C15H22N4O2. The SMILES string of the molecule is CCN(CC)C(=O)c1cc(NC2CCC(=O)NC2)ccn1. The summed E-state index contributed by atoms with van der Waals surface area (Å²) >= 11 is 0. The van der Waals surface area contributed by atoms with Crippen molar-refractivity contribution in [3.05, 3.63) is 24.0 Å². The molecule has 1 atom stereocenters. The van der Waals surface area contributed by atoms with Gasteiger partial charge in [-0.05, 0) is 32.4 Å². The highest BCUT2D eigenvalue weighted by atomic mass is 16.2. The highest BCUT2D eigenvalue weighted by molar-refractivity contribution is 5.93. The van der Waals surface area contributed by atoms with E-state index in [0.717, 1.165) is 12.1 Å². The molecule has 114 valence electrons. The largest absolute Gasteiger partial charge is 0.380 e. The molecule has 1 unspecified atom stereocenters. The van der Waals surface area contributed by atoms with Gasteiger partial charge < -0.3 is 15.5 Å². The van der Waals surface area contributed by atoms with E-state index in [-0.39, 0.29) is 17.9 Å². The van der Waals surface area contributed by atoms with Gasteiger partial charge >= 0.3 is 0 Å². The average molecular weight is 290 g/mol. The number of piperidine rings is 1. The van der Waals surface area contributed by atoms with Crippen LogP contribution in [0.25, 0.3) is 0 Å². The van der Waals surface area contributed by atoms with Gasteiger partial charge in [0.25, 0.3) is 5.91 Å². The van der Waals surface area contributed by atoms with Crippen LogP contribution in [0, 0.1) is 0 Å². The van der Waals surface area contributed by atoms with Crippen molar-refractivity contribution in [2.45, 2.75) is 32.7 Å². The summed E-state index contributed by atoms with van der Waals surface area (Å²) in [5.41, 5.74) is 1.31. The molecular weight excluding hydrogens is 268 g/mol. The maximum Gasteiger partial charge on any atom is 0.272 e. The first-order valence-electron chi connectivity index (χ1n) is 7.42. The molecule has 2 N–H and O–H groups in total. The summed E-state index contributed by atoms with van der Waals surface area (Å²) in [5.74, 6) is 0.0424. The minimum Gasteiger partial charge on any atom is -0.380 e. The standard InChI is InChI=1S/C15H22N4O2/c1-3-19(4-2)15(21)13-9-11(7-8-16-13)18-12-5-6-14(20)17-10-12/h7-9,12H,3-6,10H2,1-2H3,(H,16,18)(H,17,20). The Morgan fingerprint density at radius 1 is 1.48 bits per heavy atom. The number of carbonyl (C=O) groups excluding carboxylic acids is 2. The molecule has 0 spiro atoms. The van der Waals surface area contributed by atoms with Gasteiger partial charge in [0.1, 0.15) is 5.69 Å². The first-order valence-corrected chi connectivity index (χ1v) is 7.42. The third-order valence-electron chi connectivity index (χ3n) is 3.67. The predicted molar refractivity (Wildman–Crippen MR) is 81.1 cm³/mol. The lowest BCUT2D eigenvalue weighted by atomic mass is 10.1. The molecule has 21 heavy (non-hydrogen) atoms. The Bertz CT molecular complexity index is 504. The van der Waals surface area contributed by atoms with Crippen molar-refractivity contribution in [2.75, 3.05) is 25.0 Å². The second kappa shape index (κ2) is 7.06. The summed E-state index contributed by atoms with van der Waals surface area (Å²) in [6, 6.07) is 3.81. The van der Waals surface area contributed by atoms with E-state index in [9.17, 15) is 9.59 Å². The fourth-order valence-corrected chi connectivity index (χ4v) is 2.40. The van der Waals surface area contributed by atoms with Crippen molar-refractivity contribution in [2.24, 2.45) is 0 Å². The molecule has 2 amide bonds. The van der Waals surface area contributed by atoms with Gasteiger partial charge in [-0.15, -0.1) is 0 Å². The molecule has 0 radical (unpaired) electrons. The number of nitrogens with zero attached hydrogens (tertiary/aromatic N) is 2. The smallest absolute Gasteiger partial charge is 0.272 e. The number of nitrogens with one attached hydrogen (secondary N) is 2. The Kier molecular flexibility index (Phi) is 5.14. The van der Waals surface area contributed by atoms with E-state index in [0.29, 0.717) is 31.7 Å². The zero-order chi connectivity index (χ0) is 15.2. The van der Waals surface area contributed by atoms with E-state index in [1.54, 1.807) is 17.2 Å². The molecule has 1 fully saturated rings. The van der Waals surface area contributed by atoms with Gasteiger partial charge in [-0.3, -0.25) is 14.6 Å². The Morgan fingerprint density at radius 2 is 2.24 bits per heavy atom. The topological polar surface area (TPSA) is 74.3 Å². The average Bonchev–Trinajstić information content (AvgIpc) is 2.51. The van der Waals surface area contributed by atoms with Gasteiger partial charge in [-0.2, -0.15) is 0 Å². The molecule has 6 nitrogen and oxygen atoms in total. The van der Waals surface area contributed by atoms with Gasteiger partial charge in [-0.1, -0.05) is 0 Å². The van der Waals surface area contributed by atoms with E-state index in [4.69, 9.17) is 0 Å². The first kappa shape index (κ1) is 15.3. The molecule has 1 aromatic heterocycles. The second-order valence-corrected chi connectivity index (χ2v) is 5.09. The van der Waals surface area contributed by atoms with Crippen molar-refractivity contribution < 1.29 is 9.59 Å². The molecule has 0 aromatic carbocycles. The molecule has 1 aliphatic rings. The molecule has 2 heterocycles. The maximum absolute atomic E-state index is 12.3. The molecule has 1 aromatic rings. The third-order valence-corrected chi connectivity index (χ3v) is 3.67. The highest BCUT2D eigenvalue weighted by Gasteiger charge is 2.19.